The predicted octanol–water partition coefficient (Wildman–Crippen LogP) is 4.46. The summed E-state index contributed by atoms with van der Waals surface area (Å²) in [5.41, 5.74) is 1.49. The Morgan fingerprint density at radius 3 is 2.55 bits per heavy atom. The molecule has 152 valence electrons. The lowest BCUT2D eigenvalue weighted by molar-refractivity contribution is -0.118. The quantitative estimate of drug-likeness (QED) is 0.414. The van der Waals surface area contributed by atoms with Crippen LogP contribution in [-0.4, -0.2) is 41.1 Å². The van der Waals surface area contributed by atoms with E-state index in [1.165, 1.54) is 23.9 Å². The number of amides is 1. The van der Waals surface area contributed by atoms with Crippen LogP contribution in [0.4, 0.5) is 4.39 Å². The van der Waals surface area contributed by atoms with Crippen LogP contribution >= 0.6 is 11.8 Å². The minimum absolute atomic E-state index is 0.0481. The molecule has 0 unspecified atom stereocenters. The van der Waals surface area contributed by atoms with Crippen LogP contribution in [0.25, 0.3) is 22.0 Å². The van der Waals surface area contributed by atoms with E-state index in [1.54, 1.807) is 12.1 Å². The van der Waals surface area contributed by atoms with Crippen molar-refractivity contribution in [1.82, 2.24) is 15.5 Å². The van der Waals surface area contributed by atoms with Gasteiger partial charge in [-0.25, -0.2) is 4.39 Å². The first kappa shape index (κ1) is 21.2. The third kappa shape index (κ3) is 5.98. The van der Waals surface area contributed by atoms with Crippen LogP contribution in [0.15, 0.2) is 53.6 Å². The normalized spacial score (nSPS) is 11.2. The van der Waals surface area contributed by atoms with E-state index < -0.39 is 0 Å². The Balaban J connectivity index is 1.66. The molecule has 0 radical (unpaired) electrons. The van der Waals surface area contributed by atoms with Crippen LogP contribution in [0, 0.1) is 5.82 Å². The fraction of sp³-hybridized carbons (Fsp3) is 0.318. The van der Waals surface area contributed by atoms with Gasteiger partial charge in [0.05, 0.1) is 11.9 Å². The topological polar surface area (TPSA) is 64.1 Å². The monoisotopic (exact) mass is 413 g/mol. The van der Waals surface area contributed by atoms with Gasteiger partial charge in [0.2, 0.25) is 5.91 Å². The Morgan fingerprint density at radius 1 is 1.10 bits per heavy atom. The molecule has 1 heterocycles. The summed E-state index contributed by atoms with van der Waals surface area (Å²) in [6.45, 7) is 5.19. The molecule has 3 aromatic rings. The van der Waals surface area contributed by atoms with Gasteiger partial charge in [0.15, 0.2) is 0 Å². The van der Waals surface area contributed by atoms with Crippen LogP contribution in [-0.2, 0) is 9.53 Å². The number of carbonyl (C=O) groups excluding carboxylic acids is 1. The van der Waals surface area contributed by atoms with Gasteiger partial charge in [-0.05, 0) is 44.5 Å². The second kappa shape index (κ2) is 10.3. The molecule has 2 aromatic carbocycles. The third-order valence-corrected chi connectivity index (χ3v) is 5.19. The summed E-state index contributed by atoms with van der Waals surface area (Å²) in [5.74, 6) is -0.0763. The highest BCUT2D eigenvalue weighted by atomic mass is 32.2. The first-order valence-corrected chi connectivity index (χ1v) is 10.6. The van der Waals surface area contributed by atoms with Crippen molar-refractivity contribution in [3.63, 3.8) is 0 Å². The van der Waals surface area contributed by atoms with Crippen molar-refractivity contribution < 1.29 is 13.9 Å². The molecule has 7 heteroatoms. The van der Waals surface area contributed by atoms with Crippen LogP contribution < -0.4 is 5.32 Å². The number of rotatable bonds is 9. The van der Waals surface area contributed by atoms with Crippen LogP contribution in [0.1, 0.15) is 20.3 Å². The maximum atomic E-state index is 13.2. The molecule has 3 rings (SSSR count). The Kier molecular flexibility index (Phi) is 7.55. The molecule has 0 saturated heterocycles. The van der Waals surface area contributed by atoms with E-state index in [1.807, 2.05) is 38.1 Å². The van der Waals surface area contributed by atoms with Crippen molar-refractivity contribution in [3.05, 3.63) is 54.3 Å². The zero-order valence-corrected chi connectivity index (χ0v) is 17.3. The number of nitrogens with zero attached hydrogens (tertiary/aromatic N) is 2. The van der Waals surface area contributed by atoms with E-state index in [0.717, 1.165) is 22.8 Å². The maximum Gasteiger partial charge on any atom is 0.230 e. The fourth-order valence-corrected chi connectivity index (χ4v) is 3.61. The van der Waals surface area contributed by atoms with Crippen molar-refractivity contribution in [2.24, 2.45) is 0 Å². The first-order valence-electron chi connectivity index (χ1n) is 9.57. The van der Waals surface area contributed by atoms with E-state index in [4.69, 9.17) is 4.74 Å². The maximum absolute atomic E-state index is 13.2. The third-order valence-electron chi connectivity index (χ3n) is 4.21. The number of nitrogens with one attached hydrogen (secondary N) is 1. The second-order valence-corrected chi connectivity index (χ2v) is 7.78. The van der Waals surface area contributed by atoms with E-state index in [9.17, 15) is 9.18 Å². The molecule has 0 spiro atoms. The van der Waals surface area contributed by atoms with Crippen LogP contribution in [0.3, 0.4) is 0 Å². The van der Waals surface area contributed by atoms with Crippen LogP contribution in [0.5, 0.6) is 0 Å². The van der Waals surface area contributed by atoms with E-state index in [2.05, 4.69) is 15.5 Å². The van der Waals surface area contributed by atoms with Gasteiger partial charge in [0.1, 0.15) is 16.5 Å². The van der Waals surface area contributed by atoms with Crippen molar-refractivity contribution >= 4 is 28.4 Å². The van der Waals surface area contributed by atoms with Gasteiger partial charge in [0, 0.05) is 29.5 Å². The molecule has 0 aliphatic rings. The molecule has 0 bridgehead atoms. The van der Waals surface area contributed by atoms with E-state index in [-0.39, 0.29) is 23.6 Å². The molecule has 29 heavy (non-hydrogen) atoms. The van der Waals surface area contributed by atoms with Gasteiger partial charge in [-0.2, -0.15) is 0 Å². The first-order chi connectivity index (χ1) is 14.0. The number of halogens is 1. The number of carbonyl (C=O) groups is 1. The van der Waals surface area contributed by atoms with Gasteiger partial charge in [0.25, 0.3) is 0 Å². The Morgan fingerprint density at radius 2 is 1.83 bits per heavy atom. The summed E-state index contributed by atoms with van der Waals surface area (Å²) < 4.78 is 18.7. The number of fused-ring (bicyclic) bond motifs is 1. The van der Waals surface area contributed by atoms with Gasteiger partial charge in [-0.15, -0.1) is 10.2 Å². The van der Waals surface area contributed by atoms with Crippen LogP contribution in [0.2, 0.25) is 0 Å². The zero-order chi connectivity index (χ0) is 20.6. The minimum atomic E-state index is -0.292. The highest BCUT2D eigenvalue weighted by Crippen LogP contribution is 2.31. The number of hydrogen-bond donors (Lipinski definition) is 1. The minimum Gasteiger partial charge on any atom is -0.379 e. The number of ether oxygens (including phenoxy) is 1. The average Bonchev–Trinajstić information content (AvgIpc) is 2.72. The summed E-state index contributed by atoms with van der Waals surface area (Å²) in [7, 11) is 0. The lowest BCUT2D eigenvalue weighted by Gasteiger charge is -2.10. The summed E-state index contributed by atoms with van der Waals surface area (Å²) in [6, 6.07) is 14.0. The lowest BCUT2D eigenvalue weighted by atomic mass is 10.1. The van der Waals surface area contributed by atoms with Crippen molar-refractivity contribution in [1.29, 1.82) is 0 Å². The SMILES string of the molecule is CC(C)OCCCNC(=O)CSc1nnc(-c2ccc(F)cc2)c2ccccc12. The van der Waals surface area contributed by atoms with Gasteiger partial charge in [-0.1, -0.05) is 36.0 Å². The van der Waals surface area contributed by atoms with Crippen molar-refractivity contribution in [2.45, 2.75) is 31.4 Å². The number of aromatic nitrogens is 2. The molecule has 0 fully saturated rings. The van der Waals surface area contributed by atoms with Crippen molar-refractivity contribution in [3.8, 4) is 11.3 Å². The number of thioether (sulfide) groups is 1. The smallest absolute Gasteiger partial charge is 0.230 e. The molecule has 0 aliphatic carbocycles. The molecular weight excluding hydrogens is 389 g/mol. The summed E-state index contributed by atoms with van der Waals surface area (Å²) >= 11 is 1.36. The van der Waals surface area contributed by atoms with E-state index in [0.29, 0.717) is 23.9 Å². The highest BCUT2D eigenvalue weighted by molar-refractivity contribution is 8.00. The van der Waals surface area contributed by atoms with E-state index >= 15 is 0 Å². The molecule has 0 aliphatic heterocycles. The molecule has 1 N–H and O–H groups in total. The highest BCUT2D eigenvalue weighted by Gasteiger charge is 2.12. The molecule has 1 aromatic heterocycles. The number of hydrogen-bond acceptors (Lipinski definition) is 5. The Labute approximate surface area is 174 Å². The zero-order valence-electron chi connectivity index (χ0n) is 16.5. The Bertz CT molecular complexity index is 964. The fourth-order valence-electron chi connectivity index (χ4n) is 2.81. The standard InChI is InChI=1S/C22H24FN3O2S/c1-15(2)28-13-5-12-24-20(27)14-29-22-19-7-4-3-6-18(19)21(25-26-22)16-8-10-17(23)11-9-16/h3-4,6-11,15H,5,12-14H2,1-2H3,(H,24,27). The van der Waals surface area contributed by atoms with Gasteiger partial charge < -0.3 is 10.1 Å². The molecule has 0 atom stereocenters. The number of benzene rings is 2. The summed E-state index contributed by atoms with van der Waals surface area (Å²) in [5, 5.41) is 14.1. The van der Waals surface area contributed by atoms with Crippen molar-refractivity contribution in [2.75, 3.05) is 18.9 Å². The Hall–Kier alpha value is -2.51. The van der Waals surface area contributed by atoms with Gasteiger partial charge >= 0.3 is 0 Å². The summed E-state index contributed by atoms with van der Waals surface area (Å²) in [6.07, 6.45) is 0.981. The average molecular weight is 414 g/mol. The molecule has 0 saturated carbocycles. The predicted molar refractivity (Wildman–Crippen MR) is 114 cm³/mol. The van der Waals surface area contributed by atoms with Gasteiger partial charge in [-0.3, -0.25) is 4.79 Å². The lowest BCUT2D eigenvalue weighted by Crippen LogP contribution is -2.27. The molecule has 1 amide bonds. The molecule has 5 nitrogen and oxygen atoms in total. The summed E-state index contributed by atoms with van der Waals surface area (Å²) in [4.78, 5) is 12.1. The largest absolute Gasteiger partial charge is 0.379 e. The molecular formula is C22H24FN3O2S. The second-order valence-electron chi connectivity index (χ2n) is 6.82.